The molecule has 56 heavy (non-hydrogen) atoms. The second-order valence-corrected chi connectivity index (χ2v) is 12.3. The minimum absolute atomic E-state index is 0.213. The molecule has 0 radical (unpaired) electrons. The SMILES string of the molecule is FC(F)(F)C(F)(F)C(F)(F)C(F)(F)C(F)(F)C(F)(F)CCC1(CCC(F)(F)C(F)(F)C(F)(F)C(F)(F)C(F)(F)C(F)(F)F)COC(=CCc2ccccc2)OC1. The molecule has 0 bridgehead atoms. The third kappa shape index (κ3) is 7.94. The van der Waals surface area contributed by atoms with Crippen LogP contribution in [0, 0.1) is 5.41 Å². The molecule has 2 rings (SSSR count). The van der Waals surface area contributed by atoms with Crippen molar-refractivity contribution >= 4 is 0 Å². The van der Waals surface area contributed by atoms with Crippen LogP contribution < -0.4 is 0 Å². The predicted octanol–water partition coefficient (Wildman–Crippen LogP) is 12.1. The number of alkyl halides is 26. The van der Waals surface area contributed by atoms with Crippen LogP contribution in [0.1, 0.15) is 31.2 Å². The summed E-state index contributed by atoms with van der Waals surface area (Å²) in [6.07, 6.45) is -26.0. The highest BCUT2D eigenvalue weighted by atomic mass is 19.4. The molecular weight excluding hydrogens is 862 g/mol. The number of allylic oxidation sites excluding steroid dienone is 1. The van der Waals surface area contributed by atoms with E-state index in [1.165, 1.54) is 30.3 Å². The number of halogens is 26. The molecule has 1 heterocycles. The summed E-state index contributed by atoms with van der Waals surface area (Å²) in [5.74, 6) is -80.4. The van der Waals surface area contributed by atoms with Crippen LogP contribution in [0.4, 0.5) is 114 Å². The molecule has 0 unspecified atom stereocenters. The van der Waals surface area contributed by atoms with Gasteiger partial charge in [0.2, 0.25) is 0 Å². The van der Waals surface area contributed by atoms with Crippen molar-refractivity contribution in [3.8, 4) is 0 Å². The molecule has 2 nitrogen and oxygen atoms in total. The van der Waals surface area contributed by atoms with Crippen molar-refractivity contribution in [1.82, 2.24) is 0 Å². The van der Waals surface area contributed by atoms with Crippen molar-refractivity contribution in [2.45, 2.75) is 104 Å². The highest BCUT2D eigenvalue weighted by molar-refractivity contribution is 5.18. The second kappa shape index (κ2) is 14.5. The summed E-state index contributed by atoms with van der Waals surface area (Å²) in [5, 5.41) is 0. The van der Waals surface area contributed by atoms with Crippen molar-refractivity contribution < 1.29 is 124 Å². The Kier molecular flexibility index (Phi) is 12.7. The van der Waals surface area contributed by atoms with E-state index < -0.39 is 122 Å². The second-order valence-electron chi connectivity index (χ2n) is 12.3. The van der Waals surface area contributed by atoms with Crippen LogP contribution in [0.3, 0.4) is 0 Å². The Morgan fingerprint density at radius 2 is 0.732 bits per heavy atom. The molecule has 1 aliphatic rings. The monoisotopic (exact) mass is 882 g/mol. The molecule has 1 aromatic rings. The minimum Gasteiger partial charge on any atom is -0.465 e. The van der Waals surface area contributed by atoms with Gasteiger partial charge >= 0.3 is 71.6 Å². The van der Waals surface area contributed by atoms with Crippen LogP contribution in [0.25, 0.3) is 0 Å². The smallest absolute Gasteiger partial charge is 0.460 e. The Morgan fingerprint density at radius 1 is 0.429 bits per heavy atom. The van der Waals surface area contributed by atoms with Crippen LogP contribution in [0.15, 0.2) is 42.4 Å². The molecule has 0 saturated carbocycles. The Hall–Kier alpha value is -3.26. The number of hydrogen-bond acceptors (Lipinski definition) is 2. The molecule has 1 aliphatic heterocycles. The molecule has 0 N–H and O–H groups in total. The first kappa shape index (κ1) is 48.9. The van der Waals surface area contributed by atoms with Crippen LogP contribution in [0.5, 0.6) is 0 Å². The molecule has 1 saturated heterocycles. The summed E-state index contributed by atoms with van der Waals surface area (Å²) < 4.78 is 362. The normalized spacial score (nSPS) is 17.7. The number of rotatable bonds is 16. The van der Waals surface area contributed by atoms with Gasteiger partial charge < -0.3 is 9.47 Å². The summed E-state index contributed by atoms with van der Waals surface area (Å²) in [5.41, 5.74) is -2.82. The molecule has 0 atom stereocenters. The quantitative estimate of drug-likeness (QED) is 0.154. The third-order valence-electron chi connectivity index (χ3n) is 8.32. The fourth-order valence-corrected chi connectivity index (χ4v) is 4.64. The lowest BCUT2D eigenvalue weighted by Gasteiger charge is -2.43. The van der Waals surface area contributed by atoms with E-state index in [1.54, 1.807) is 0 Å². The molecule has 28 heteroatoms. The fraction of sp³-hybridized carbons (Fsp3) is 0.714. The Balaban J connectivity index is 2.55. The molecule has 0 aliphatic carbocycles. The highest BCUT2D eigenvalue weighted by Gasteiger charge is 2.92. The number of ether oxygens (including phenoxy) is 2. The van der Waals surface area contributed by atoms with E-state index in [0.717, 1.165) is 6.08 Å². The number of hydrogen-bond donors (Lipinski definition) is 0. The molecular formula is C28H20F26O2. The number of benzene rings is 1. The van der Waals surface area contributed by atoms with E-state index in [2.05, 4.69) is 0 Å². The molecule has 326 valence electrons. The van der Waals surface area contributed by atoms with Crippen LogP contribution >= 0.6 is 0 Å². The van der Waals surface area contributed by atoms with Crippen molar-refractivity contribution in [3.05, 3.63) is 47.9 Å². The summed E-state index contributed by atoms with van der Waals surface area (Å²) in [6, 6.07) is 7.22. The van der Waals surface area contributed by atoms with Gasteiger partial charge in [0.25, 0.3) is 5.95 Å². The van der Waals surface area contributed by atoms with Crippen molar-refractivity contribution in [3.63, 3.8) is 0 Å². The van der Waals surface area contributed by atoms with Gasteiger partial charge in [-0.25, -0.2) is 0 Å². The Bertz CT molecular complexity index is 1430. The maximum Gasteiger partial charge on any atom is 0.460 e. The lowest BCUT2D eigenvalue weighted by Crippen LogP contribution is -2.70. The van der Waals surface area contributed by atoms with E-state index in [9.17, 15) is 114 Å². The maximum absolute atomic E-state index is 14.6. The van der Waals surface area contributed by atoms with E-state index in [4.69, 9.17) is 9.47 Å². The first-order valence-electron chi connectivity index (χ1n) is 14.5. The minimum atomic E-state index is -8.39. The van der Waals surface area contributed by atoms with E-state index >= 15 is 0 Å². The van der Waals surface area contributed by atoms with Gasteiger partial charge in [-0.3, -0.25) is 0 Å². The van der Waals surface area contributed by atoms with Crippen LogP contribution in [0.2, 0.25) is 0 Å². The molecule has 0 aromatic heterocycles. The maximum atomic E-state index is 14.6. The third-order valence-corrected chi connectivity index (χ3v) is 8.32. The first-order chi connectivity index (χ1) is 24.6. The van der Waals surface area contributed by atoms with Gasteiger partial charge in [0.15, 0.2) is 0 Å². The van der Waals surface area contributed by atoms with E-state index in [1.807, 2.05) is 0 Å². The first-order valence-corrected chi connectivity index (χ1v) is 14.5. The molecule has 0 spiro atoms. The van der Waals surface area contributed by atoms with Crippen LogP contribution in [-0.2, 0) is 15.9 Å². The van der Waals surface area contributed by atoms with Crippen molar-refractivity contribution in [2.24, 2.45) is 5.41 Å². The average molecular weight is 882 g/mol. The zero-order chi connectivity index (χ0) is 44.3. The fourth-order valence-electron chi connectivity index (χ4n) is 4.64. The van der Waals surface area contributed by atoms with Gasteiger partial charge in [-0.15, -0.1) is 0 Å². The average Bonchev–Trinajstić information content (AvgIpc) is 3.05. The Labute approximate surface area is 294 Å². The summed E-state index contributed by atoms with van der Waals surface area (Å²) in [6.45, 7) is -3.32. The summed E-state index contributed by atoms with van der Waals surface area (Å²) >= 11 is 0. The summed E-state index contributed by atoms with van der Waals surface area (Å²) in [4.78, 5) is 0. The lowest BCUT2D eigenvalue weighted by molar-refractivity contribution is -0.440. The standard InChI is InChI=1S/C28H20F26O2/c29-17(30,19(33,34)21(37,38)23(41,42)25(45,46)27(49,50)51)10-8-16(12-55-15(56-13-16)7-6-14-4-2-1-3-5-14)9-11-18(31,32)20(35,36)22(39,40)24(43,44)26(47,48)28(52,53)54/h1-5,7H,6,8-13H2. The van der Waals surface area contributed by atoms with Gasteiger partial charge in [0.05, 0.1) is 0 Å². The van der Waals surface area contributed by atoms with Gasteiger partial charge in [0, 0.05) is 24.3 Å². The largest absolute Gasteiger partial charge is 0.465 e. The van der Waals surface area contributed by atoms with Gasteiger partial charge in [-0.1, -0.05) is 30.3 Å². The van der Waals surface area contributed by atoms with Crippen molar-refractivity contribution in [2.75, 3.05) is 13.2 Å². The molecule has 1 fully saturated rings. The van der Waals surface area contributed by atoms with Gasteiger partial charge in [-0.2, -0.15) is 114 Å². The van der Waals surface area contributed by atoms with E-state index in [0.29, 0.717) is 5.56 Å². The van der Waals surface area contributed by atoms with Gasteiger partial charge in [0.1, 0.15) is 13.2 Å². The summed E-state index contributed by atoms with van der Waals surface area (Å²) in [7, 11) is 0. The predicted molar refractivity (Wildman–Crippen MR) is 133 cm³/mol. The zero-order valence-corrected chi connectivity index (χ0v) is 26.6. The van der Waals surface area contributed by atoms with E-state index in [-0.39, 0.29) is 6.42 Å². The molecule has 1 aromatic carbocycles. The van der Waals surface area contributed by atoms with Crippen LogP contribution in [-0.4, -0.2) is 84.8 Å². The Morgan fingerprint density at radius 3 is 1.04 bits per heavy atom. The van der Waals surface area contributed by atoms with Crippen molar-refractivity contribution in [1.29, 1.82) is 0 Å². The van der Waals surface area contributed by atoms with Gasteiger partial charge in [-0.05, 0) is 24.8 Å². The topological polar surface area (TPSA) is 18.5 Å². The lowest BCUT2D eigenvalue weighted by atomic mass is 9.76. The zero-order valence-electron chi connectivity index (χ0n) is 26.6. The highest BCUT2D eigenvalue weighted by Crippen LogP contribution is 2.63. The molecule has 0 amide bonds.